The lowest BCUT2D eigenvalue weighted by molar-refractivity contribution is -0.135. The van der Waals surface area contributed by atoms with Gasteiger partial charge >= 0.3 is 12.1 Å². The second-order valence-electron chi connectivity index (χ2n) is 7.30. The van der Waals surface area contributed by atoms with E-state index in [4.69, 9.17) is 9.47 Å². The van der Waals surface area contributed by atoms with Crippen molar-refractivity contribution in [3.05, 3.63) is 11.3 Å². The fourth-order valence-corrected chi connectivity index (χ4v) is 2.87. The summed E-state index contributed by atoms with van der Waals surface area (Å²) in [4.78, 5) is 29.9. The number of ether oxygens (including phenoxy) is 2. The van der Waals surface area contributed by atoms with Gasteiger partial charge < -0.3 is 19.5 Å². The van der Waals surface area contributed by atoms with Crippen molar-refractivity contribution in [3.63, 3.8) is 0 Å². The number of piperidine rings is 1. The van der Waals surface area contributed by atoms with Gasteiger partial charge in [0, 0.05) is 31.3 Å². The molecule has 0 saturated carbocycles. The van der Waals surface area contributed by atoms with Crippen molar-refractivity contribution in [1.82, 2.24) is 4.90 Å². The standard InChI is InChI=1S/C18H30N2O5/c1-11-10-13(8-9-20(11)17(23)25-18(3,4)5)15(21)14(12(2)19-6)16(22)24-7/h11,13,21H,8-10H2,1-7H3. The first-order valence-electron chi connectivity index (χ1n) is 8.46. The van der Waals surface area contributed by atoms with Crippen molar-refractivity contribution >= 4 is 17.8 Å². The van der Waals surface area contributed by atoms with E-state index in [0.29, 0.717) is 25.1 Å². The Hall–Kier alpha value is -2.05. The van der Waals surface area contributed by atoms with E-state index >= 15 is 0 Å². The summed E-state index contributed by atoms with van der Waals surface area (Å²) < 4.78 is 10.2. The first kappa shape index (κ1) is 21.0. The molecule has 0 aromatic heterocycles. The van der Waals surface area contributed by atoms with Gasteiger partial charge in [0.05, 0.1) is 7.11 Å². The van der Waals surface area contributed by atoms with E-state index in [9.17, 15) is 14.7 Å². The fraction of sp³-hybridized carbons (Fsp3) is 0.722. The molecule has 2 atom stereocenters. The van der Waals surface area contributed by atoms with Crippen LogP contribution in [-0.2, 0) is 14.3 Å². The number of nitrogens with zero attached hydrogens (tertiary/aromatic N) is 2. The van der Waals surface area contributed by atoms with Crippen LogP contribution in [0.4, 0.5) is 4.79 Å². The van der Waals surface area contributed by atoms with E-state index in [1.165, 1.54) is 7.11 Å². The lowest BCUT2D eigenvalue weighted by Crippen LogP contribution is -2.47. The fourth-order valence-electron chi connectivity index (χ4n) is 2.87. The van der Waals surface area contributed by atoms with Crippen molar-refractivity contribution in [2.45, 2.75) is 59.1 Å². The van der Waals surface area contributed by atoms with Crippen LogP contribution in [0, 0.1) is 5.92 Å². The molecule has 1 rings (SSSR count). The van der Waals surface area contributed by atoms with E-state index in [-0.39, 0.29) is 29.4 Å². The maximum Gasteiger partial charge on any atom is 0.410 e. The van der Waals surface area contributed by atoms with E-state index in [2.05, 4.69) is 4.99 Å². The molecule has 2 unspecified atom stereocenters. The molecule has 7 nitrogen and oxygen atoms in total. The first-order chi connectivity index (χ1) is 11.5. The molecule has 1 saturated heterocycles. The summed E-state index contributed by atoms with van der Waals surface area (Å²) in [5, 5.41) is 10.6. The molecule has 1 aliphatic rings. The minimum absolute atomic E-state index is 0.0226. The third-order valence-electron chi connectivity index (χ3n) is 4.23. The smallest absolute Gasteiger partial charge is 0.410 e. The van der Waals surface area contributed by atoms with Crippen LogP contribution in [0.1, 0.15) is 47.5 Å². The maximum absolute atomic E-state index is 12.3. The number of hydrogen-bond acceptors (Lipinski definition) is 6. The maximum atomic E-state index is 12.3. The van der Waals surface area contributed by atoms with Crippen LogP contribution in [0.2, 0.25) is 0 Å². The molecule has 1 N–H and O–H groups in total. The van der Waals surface area contributed by atoms with Gasteiger partial charge in [0.25, 0.3) is 0 Å². The number of amides is 1. The highest BCUT2D eigenvalue weighted by molar-refractivity contribution is 6.19. The lowest BCUT2D eigenvalue weighted by atomic mass is 9.87. The zero-order chi connectivity index (χ0) is 19.4. The molecular weight excluding hydrogens is 324 g/mol. The molecule has 0 aromatic rings. The average molecular weight is 354 g/mol. The van der Waals surface area contributed by atoms with Gasteiger partial charge in [-0.05, 0) is 47.5 Å². The number of aliphatic hydroxyl groups is 1. The van der Waals surface area contributed by atoms with Gasteiger partial charge in [0.15, 0.2) is 0 Å². The van der Waals surface area contributed by atoms with Crippen molar-refractivity contribution in [3.8, 4) is 0 Å². The summed E-state index contributed by atoms with van der Waals surface area (Å²) in [5.41, 5.74) is -0.0258. The third kappa shape index (κ3) is 5.47. The lowest BCUT2D eigenvalue weighted by Gasteiger charge is -2.38. The Labute approximate surface area is 149 Å². The second-order valence-corrected chi connectivity index (χ2v) is 7.30. The van der Waals surface area contributed by atoms with Crippen LogP contribution < -0.4 is 0 Å². The minimum atomic E-state index is -0.608. The van der Waals surface area contributed by atoms with Crippen molar-refractivity contribution in [2.75, 3.05) is 20.7 Å². The Kier molecular flexibility index (Phi) is 7.02. The van der Waals surface area contributed by atoms with Gasteiger partial charge in [0.2, 0.25) is 0 Å². The number of allylic oxidation sites excluding steroid dienone is 1. The number of likely N-dealkylation sites (tertiary alicyclic amines) is 1. The highest BCUT2D eigenvalue weighted by Gasteiger charge is 2.35. The number of rotatable bonds is 3. The molecule has 0 radical (unpaired) electrons. The van der Waals surface area contributed by atoms with Crippen LogP contribution in [0.3, 0.4) is 0 Å². The quantitative estimate of drug-likeness (QED) is 0.364. The normalized spacial score (nSPS) is 23.0. The molecule has 1 fully saturated rings. The molecule has 0 bridgehead atoms. The number of hydrogen-bond donors (Lipinski definition) is 1. The number of esters is 1. The molecule has 1 amide bonds. The van der Waals surface area contributed by atoms with Crippen LogP contribution >= 0.6 is 0 Å². The Balaban J connectivity index is 2.96. The number of carbonyl (C=O) groups excluding carboxylic acids is 2. The Morgan fingerprint density at radius 1 is 1.28 bits per heavy atom. The van der Waals surface area contributed by atoms with E-state index in [0.717, 1.165) is 0 Å². The molecule has 142 valence electrons. The van der Waals surface area contributed by atoms with E-state index in [1.807, 2.05) is 27.7 Å². The van der Waals surface area contributed by atoms with E-state index < -0.39 is 11.6 Å². The number of aliphatic hydroxyl groups excluding tert-OH is 1. The van der Waals surface area contributed by atoms with Crippen LogP contribution in [0.25, 0.3) is 0 Å². The predicted octanol–water partition coefficient (Wildman–Crippen LogP) is 3.10. The van der Waals surface area contributed by atoms with Crippen LogP contribution in [-0.4, -0.2) is 60.1 Å². The Bertz CT molecular complexity index is 575. The number of carbonyl (C=O) groups is 2. The molecule has 0 spiro atoms. The predicted molar refractivity (Wildman–Crippen MR) is 95.8 cm³/mol. The molecular formula is C18H30N2O5. The molecule has 25 heavy (non-hydrogen) atoms. The van der Waals surface area contributed by atoms with Gasteiger partial charge in [-0.3, -0.25) is 4.99 Å². The highest BCUT2D eigenvalue weighted by atomic mass is 16.6. The first-order valence-corrected chi connectivity index (χ1v) is 8.46. The third-order valence-corrected chi connectivity index (χ3v) is 4.23. The van der Waals surface area contributed by atoms with Crippen LogP contribution in [0.15, 0.2) is 16.3 Å². The van der Waals surface area contributed by atoms with Gasteiger partial charge in [-0.1, -0.05) is 0 Å². The number of methoxy groups -OCH3 is 1. The average Bonchev–Trinajstić information content (AvgIpc) is 2.52. The molecule has 1 heterocycles. The van der Waals surface area contributed by atoms with Gasteiger partial charge in [0.1, 0.15) is 16.9 Å². The van der Waals surface area contributed by atoms with E-state index in [1.54, 1.807) is 18.9 Å². The summed E-state index contributed by atoms with van der Waals surface area (Å²) in [5.74, 6) is -0.868. The molecule has 7 heteroatoms. The highest BCUT2D eigenvalue weighted by Crippen LogP contribution is 2.30. The molecule has 0 aliphatic carbocycles. The van der Waals surface area contributed by atoms with Gasteiger partial charge in [-0.2, -0.15) is 0 Å². The second kappa shape index (κ2) is 8.36. The summed E-state index contributed by atoms with van der Waals surface area (Å²) in [6.45, 7) is 9.48. The Morgan fingerprint density at radius 2 is 1.88 bits per heavy atom. The Morgan fingerprint density at radius 3 is 2.32 bits per heavy atom. The summed E-state index contributed by atoms with van der Waals surface area (Å²) in [6.07, 6.45) is 0.705. The van der Waals surface area contributed by atoms with Crippen LogP contribution in [0.5, 0.6) is 0 Å². The molecule has 0 aromatic carbocycles. The van der Waals surface area contributed by atoms with Gasteiger partial charge in [-0.25, -0.2) is 9.59 Å². The van der Waals surface area contributed by atoms with Crippen molar-refractivity contribution < 1.29 is 24.2 Å². The van der Waals surface area contributed by atoms with Crippen molar-refractivity contribution in [1.29, 1.82) is 0 Å². The summed E-state index contributed by atoms with van der Waals surface area (Å²) in [7, 11) is 2.82. The summed E-state index contributed by atoms with van der Waals surface area (Å²) >= 11 is 0. The largest absolute Gasteiger partial charge is 0.511 e. The monoisotopic (exact) mass is 354 g/mol. The number of aliphatic imine (C=N–C) groups is 1. The molecule has 1 aliphatic heterocycles. The topological polar surface area (TPSA) is 88.4 Å². The zero-order valence-corrected chi connectivity index (χ0v) is 16.3. The zero-order valence-electron chi connectivity index (χ0n) is 16.3. The SMILES string of the molecule is CN=C(C)C(C(=O)OC)=C(O)C1CCN(C(=O)OC(C)(C)C)C(C)C1. The van der Waals surface area contributed by atoms with Crippen molar-refractivity contribution in [2.24, 2.45) is 10.9 Å². The van der Waals surface area contributed by atoms with Gasteiger partial charge in [-0.15, -0.1) is 0 Å². The minimum Gasteiger partial charge on any atom is -0.511 e. The summed E-state index contributed by atoms with van der Waals surface area (Å²) in [6, 6.07) is -0.117.